The average Bonchev–Trinajstić information content (AvgIpc) is 3.75. The summed E-state index contributed by atoms with van der Waals surface area (Å²) in [4.78, 5) is 2.32. The number of thiophene rings is 1. The van der Waals surface area contributed by atoms with Crippen molar-refractivity contribution in [1.82, 2.24) is 4.57 Å². The van der Waals surface area contributed by atoms with Gasteiger partial charge in [-0.25, -0.2) is 0 Å². The Morgan fingerprint density at radius 2 is 0.882 bits per heavy atom. The third kappa shape index (κ3) is 5.01. The quantitative estimate of drug-likeness (QED) is 0.171. The molecule has 0 aliphatic rings. The number of hydrogen-bond donors (Lipinski definition) is 0. The smallest absolute Gasteiger partial charge is 0.0640 e. The second-order valence-corrected chi connectivity index (χ2v) is 14.0. The molecule has 0 saturated carbocycles. The number of para-hydroxylation sites is 2. The molecule has 0 N–H and O–H groups in total. The first-order valence-electron chi connectivity index (χ1n) is 17.4. The van der Waals surface area contributed by atoms with Gasteiger partial charge in [-0.15, -0.1) is 11.3 Å². The predicted molar refractivity (Wildman–Crippen MR) is 219 cm³/mol. The summed E-state index contributed by atoms with van der Waals surface area (Å²) < 4.78 is 5.09. The molecule has 2 aromatic heterocycles. The van der Waals surface area contributed by atoms with E-state index in [1.54, 1.807) is 0 Å². The maximum absolute atomic E-state index is 2.45. The molecular formula is C48H32N2S. The Bertz CT molecular complexity index is 2830. The van der Waals surface area contributed by atoms with Gasteiger partial charge < -0.3 is 9.47 Å². The molecule has 0 aliphatic heterocycles. The SMILES string of the molecule is c1ccc(-c2ccc(N(c3ccccc3)c3ccc(-c4ccc5c(c4)c4ccccc4n5-c4cccc5c4sc4ccccc45)cc3)cc2)cc1. The van der Waals surface area contributed by atoms with Gasteiger partial charge >= 0.3 is 0 Å². The largest absolute Gasteiger partial charge is 0.311 e. The van der Waals surface area contributed by atoms with E-state index < -0.39 is 0 Å². The van der Waals surface area contributed by atoms with E-state index in [-0.39, 0.29) is 0 Å². The van der Waals surface area contributed by atoms with Crippen LogP contribution in [0.5, 0.6) is 0 Å². The number of nitrogens with zero attached hydrogens (tertiary/aromatic N) is 2. The molecule has 0 unspecified atom stereocenters. The zero-order valence-electron chi connectivity index (χ0n) is 27.8. The molecule has 0 amide bonds. The topological polar surface area (TPSA) is 8.17 Å². The molecular weight excluding hydrogens is 637 g/mol. The number of fused-ring (bicyclic) bond motifs is 6. The molecule has 240 valence electrons. The molecule has 0 radical (unpaired) electrons. The number of anilines is 3. The van der Waals surface area contributed by atoms with Crippen LogP contribution in [0.15, 0.2) is 194 Å². The van der Waals surface area contributed by atoms with Crippen LogP contribution < -0.4 is 4.90 Å². The van der Waals surface area contributed by atoms with E-state index in [1.165, 1.54) is 69.9 Å². The summed E-state index contributed by atoms with van der Waals surface area (Å²) in [7, 11) is 0. The molecule has 0 atom stereocenters. The Balaban J connectivity index is 1.05. The van der Waals surface area contributed by atoms with Crippen LogP contribution in [0.25, 0.3) is 69.9 Å². The third-order valence-electron chi connectivity index (χ3n) is 10.0. The van der Waals surface area contributed by atoms with E-state index in [0.717, 1.165) is 17.1 Å². The van der Waals surface area contributed by atoms with Crippen molar-refractivity contribution in [1.29, 1.82) is 0 Å². The summed E-state index contributed by atoms with van der Waals surface area (Å²) in [6.45, 7) is 0. The van der Waals surface area contributed by atoms with E-state index in [0.29, 0.717) is 0 Å². The minimum Gasteiger partial charge on any atom is -0.311 e. The zero-order valence-corrected chi connectivity index (χ0v) is 28.6. The highest BCUT2D eigenvalue weighted by Gasteiger charge is 2.18. The van der Waals surface area contributed by atoms with Crippen molar-refractivity contribution in [3.05, 3.63) is 194 Å². The lowest BCUT2D eigenvalue weighted by molar-refractivity contribution is 1.20. The minimum atomic E-state index is 1.12. The Labute approximate surface area is 300 Å². The van der Waals surface area contributed by atoms with Gasteiger partial charge in [0.05, 0.1) is 21.4 Å². The molecule has 0 bridgehead atoms. The molecule has 0 saturated heterocycles. The summed E-state index contributed by atoms with van der Waals surface area (Å²) in [5, 5.41) is 5.15. The molecule has 0 fully saturated rings. The first kappa shape index (κ1) is 29.5. The molecule has 2 heterocycles. The fraction of sp³-hybridized carbons (Fsp3) is 0. The highest BCUT2D eigenvalue weighted by atomic mass is 32.1. The van der Waals surface area contributed by atoms with Gasteiger partial charge in [0.15, 0.2) is 0 Å². The standard InChI is InChI=1S/C48H32N2S/c1-3-12-33(13-4-1)34-22-27-38(28-23-34)49(37-14-5-2-6-15-37)39-29-24-35(25-30-39)36-26-31-45-43(32-36)40-16-7-9-19-44(40)50(45)46-20-11-18-42-41-17-8-10-21-47(41)51-48(42)46/h1-32H. The molecule has 10 rings (SSSR count). The van der Waals surface area contributed by atoms with Gasteiger partial charge in [-0.1, -0.05) is 127 Å². The second-order valence-electron chi connectivity index (χ2n) is 13.0. The molecule has 0 aliphatic carbocycles. The van der Waals surface area contributed by atoms with Gasteiger partial charge in [-0.3, -0.25) is 0 Å². The Hall–Kier alpha value is -6.42. The van der Waals surface area contributed by atoms with Gasteiger partial charge in [0.2, 0.25) is 0 Å². The van der Waals surface area contributed by atoms with Crippen LogP contribution in [0.4, 0.5) is 17.1 Å². The fourth-order valence-electron chi connectivity index (χ4n) is 7.58. The van der Waals surface area contributed by atoms with Crippen molar-refractivity contribution in [3.63, 3.8) is 0 Å². The minimum absolute atomic E-state index is 1.12. The van der Waals surface area contributed by atoms with Gasteiger partial charge in [0.1, 0.15) is 0 Å². The molecule has 10 aromatic rings. The summed E-state index contributed by atoms with van der Waals surface area (Å²) in [6, 6.07) is 70.2. The van der Waals surface area contributed by atoms with Crippen molar-refractivity contribution in [2.45, 2.75) is 0 Å². The summed E-state index contributed by atoms with van der Waals surface area (Å²) >= 11 is 1.88. The number of aromatic nitrogens is 1. The van der Waals surface area contributed by atoms with Crippen molar-refractivity contribution in [2.75, 3.05) is 4.90 Å². The van der Waals surface area contributed by atoms with Gasteiger partial charge in [0, 0.05) is 43.3 Å². The van der Waals surface area contributed by atoms with Crippen molar-refractivity contribution < 1.29 is 0 Å². The summed E-state index contributed by atoms with van der Waals surface area (Å²) in [6.07, 6.45) is 0. The van der Waals surface area contributed by atoms with E-state index in [4.69, 9.17) is 0 Å². The second kappa shape index (κ2) is 12.2. The van der Waals surface area contributed by atoms with Gasteiger partial charge in [0.25, 0.3) is 0 Å². The molecule has 8 aromatic carbocycles. The Morgan fingerprint density at radius 3 is 1.63 bits per heavy atom. The van der Waals surface area contributed by atoms with Crippen LogP contribution in [0.1, 0.15) is 0 Å². The number of rotatable bonds is 6. The van der Waals surface area contributed by atoms with E-state index >= 15 is 0 Å². The molecule has 3 heteroatoms. The van der Waals surface area contributed by atoms with Crippen molar-refractivity contribution in [2.24, 2.45) is 0 Å². The highest BCUT2D eigenvalue weighted by Crippen LogP contribution is 2.42. The molecule has 51 heavy (non-hydrogen) atoms. The number of benzene rings is 8. The first-order chi connectivity index (χ1) is 25.3. The fourth-order valence-corrected chi connectivity index (χ4v) is 8.79. The van der Waals surface area contributed by atoms with Crippen LogP contribution in [-0.4, -0.2) is 4.57 Å². The molecule has 2 nitrogen and oxygen atoms in total. The van der Waals surface area contributed by atoms with Crippen LogP contribution >= 0.6 is 11.3 Å². The van der Waals surface area contributed by atoms with Crippen LogP contribution in [0.3, 0.4) is 0 Å². The van der Waals surface area contributed by atoms with E-state index in [9.17, 15) is 0 Å². The van der Waals surface area contributed by atoms with E-state index in [1.807, 2.05) is 11.3 Å². The van der Waals surface area contributed by atoms with Crippen LogP contribution in [0, 0.1) is 0 Å². The lowest BCUT2D eigenvalue weighted by atomic mass is 10.0. The van der Waals surface area contributed by atoms with Crippen molar-refractivity contribution in [3.8, 4) is 27.9 Å². The predicted octanol–water partition coefficient (Wildman–Crippen LogP) is 14.0. The van der Waals surface area contributed by atoms with Gasteiger partial charge in [-0.2, -0.15) is 0 Å². The zero-order chi connectivity index (χ0) is 33.7. The summed E-state index contributed by atoms with van der Waals surface area (Å²) in [5.74, 6) is 0. The Morgan fingerprint density at radius 1 is 0.353 bits per heavy atom. The first-order valence-corrected chi connectivity index (χ1v) is 18.2. The van der Waals surface area contributed by atoms with Crippen LogP contribution in [-0.2, 0) is 0 Å². The van der Waals surface area contributed by atoms with Crippen LogP contribution in [0.2, 0.25) is 0 Å². The van der Waals surface area contributed by atoms with E-state index in [2.05, 4.69) is 204 Å². The lowest BCUT2D eigenvalue weighted by Gasteiger charge is -2.26. The normalized spacial score (nSPS) is 11.5. The monoisotopic (exact) mass is 668 g/mol. The summed E-state index contributed by atoms with van der Waals surface area (Å²) in [5.41, 5.74) is 11.9. The average molecular weight is 669 g/mol. The highest BCUT2D eigenvalue weighted by molar-refractivity contribution is 7.26. The Kier molecular flexibility index (Phi) is 7.04. The van der Waals surface area contributed by atoms with Gasteiger partial charge in [-0.05, 0) is 89.0 Å². The maximum Gasteiger partial charge on any atom is 0.0640 e. The molecule has 0 spiro atoms. The van der Waals surface area contributed by atoms with Crippen molar-refractivity contribution >= 4 is 70.4 Å². The number of hydrogen-bond acceptors (Lipinski definition) is 2. The lowest BCUT2D eigenvalue weighted by Crippen LogP contribution is -2.09. The maximum atomic E-state index is 2.45. The third-order valence-corrected chi connectivity index (χ3v) is 11.2.